The minimum Gasteiger partial charge on any atom is -0.303 e. The zero-order valence-corrected chi connectivity index (χ0v) is 7.54. The molecule has 0 aromatic carbocycles. The van der Waals surface area contributed by atoms with Crippen LogP contribution in [0.15, 0.2) is 0 Å². The van der Waals surface area contributed by atoms with E-state index in [9.17, 15) is 9.59 Å². The Morgan fingerprint density at radius 3 is 2.58 bits per heavy atom. The molecular formula is C10H14O2. The van der Waals surface area contributed by atoms with Gasteiger partial charge in [0.15, 0.2) is 0 Å². The van der Waals surface area contributed by atoms with Crippen molar-refractivity contribution in [1.29, 1.82) is 0 Å². The molecule has 3 unspecified atom stereocenters. The molecule has 2 bridgehead atoms. The van der Waals surface area contributed by atoms with Gasteiger partial charge in [-0.1, -0.05) is 13.8 Å². The highest BCUT2D eigenvalue weighted by Crippen LogP contribution is 2.55. The highest BCUT2D eigenvalue weighted by molar-refractivity contribution is 5.98. The second-order valence-electron chi connectivity index (χ2n) is 4.80. The van der Waals surface area contributed by atoms with Crippen LogP contribution in [0.1, 0.15) is 26.7 Å². The Morgan fingerprint density at radius 1 is 1.50 bits per heavy atom. The van der Waals surface area contributed by atoms with Gasteiger partial charge in [-0.05, 0) is 24.2 Å². The maximum Gasteiger partial charge on any atom is 0.146 e. The van der Waals surface area contributed by atoms with Crippen LogP contribution < -0.4 is 0 Å². The Bertz CT molecular complexity index is 242. The lowest BCUT2D eigenvalue weighted by Crippen LogP contribution is -2.34. The molecule has 2 fully saturated rings. The van der Waals surface area contributed by atoms with Crippen LogP contribution in [0, 0.1) is 23.2 Å². The van der Waals surface area contributed by atoms with Gasteiger partial charge in [0.2, 0.25) is 0 Å². The van der Waals surface area contributed by atoms with Crippen molar-refractivity contribution in [2.24, 2.45) is 23.2 Å². The van der Waals surface area contributed by atoms with Gasteiger partial charge in [0.25, 0.3) is 0 Å². The molecule has 66 valence electrons. The predicted molar refractivity (Wildman–Crippen MR) is 44.6 cm³/mol. The van der Waals surface area contributed by atoms with Crippen molar-refractivity contribution in [2.45, 2.75) is 26.7 Å². The summed E-state index contributed by atoms with van der Waals surface area (Å²) < 4.78 is 0. The molecule has 2 heteroatoms. The molecule has 0 aromatic rings. The van der Waals surface area contributed by atoms with Crippen molar-refractivity contribution in [3.8, 4) is 0 Å². The molecule has 2 nitrogen and oxygen atoms in total. The zero-order valence-electron chi connectivity index (χ0n) is 7.54. The summed E-state index contributed by atoms with van der Waals surface area (Å²) in [6, 6.07) is 0. The Morgan fingerprint density at radius 2 is 2.17 bits per heavy atom. The van der Waals surface area contributed by atoms with Gasteiger partial charge < -0.3 is 4.79 Å². The van der Waals surface area contributed by atoms with Crippen LogP contribution in [0.3, 0.4) is 0 Å². The van der Waals surface area contributed by atoms with Crippen molar-refractivity contribution in [1.82, 2.24) is 0 Å². The van der Waals surface area contributed by atoms with Crippen LogP contribution in [0.5, 0.6) is 0 Å². The van der Waals surface area contributed by atoms with Crippen LogP contribution in [0.25, 0.3) is 0 Å². The lowest BCUT2D eigenvalue weighted by molar-refractivity contribution is -0.132. The van der Waals surface area contributed by atoms with Gasteiger partial charge in [0.1, 0.15) is 12.1 Å². The average molecular weight is 166 g/mol. The third-order valence-corrected chi connectivity index (χ3v) is 3.63. The summed E-state index contributed by atoms with van der Waals surface area (Å²) >= 11 is 0. The van der Waals surface area contributed by atoms with Gasteiger partial charge in [-0.15, -0.1) is 0 Å². The zero-order chi connectivity index (χ0) is 8.93. The lowest BCUT2D eigenvalue weighted by Gasteiger charge is -2.32. The number of fused-ring (bicyclic) bond motifs is 2. The molecule has 12 heavy (non-hydrogen) atoms. The van der Waals surface area contributed by atoms with Gasteiger partial charge >= 0.3 is 0 Å². The van der Waals surface area contributed by atoms with E-state index in [1.165, 1.54) is 0 Å². The minimum absolute atomic E-state index is 0.195. The molecule has 0 radical (unpaired) electrons. The van der Waals surface area contributed by atoms with Crippen molar-refractivity contribution in [3.63, 3.8) is 0 Å². The fraction of sp³-hybridized carbons (Fsp3) is 0.800. The van der Waals surface area contributed by atoms with Gasteiger partial charge in [0.05, 0.1) is 5.92 Å². The number of carbonyl (C=O) groups is 2. The average Bonchev–Trinajstić information content (AvgIpc) is 2.42. The number of hydrogen-bond donors (Lipinski definition) is 0. The standard InChI is InChI=1S/C10H14O2/c1-10(2)4-6-3-8(10)7(5-11)9(6)12/h5-8H,3-4H2,1-2H3. The van der Waals surface area contributed by atoms with Crippen molar-refractivity contribution < 1.29 is 9.59 Å². The number of aldehydes is 1. The monoisotopic (exact) mass is 166 g/mol. The van der Waals surface area contributed by atoms with E-state index in [1.54, 1.807) is 0 Å². The van der Waals surface area contributed by atoms with Crippen LogP contribution in [-0.4, -0.2) is 12.1 Å². The van der Waals surface area contributed by atoms with Gasteiger partial charge in [-0.3, -0.25) is 4.79 Å². The van der Waals surface area contributed by atoms with E-state index in [0.717, 1.165) is 19.1 Å². The van der Waals surface area contributed by atoms with E-state index in [-0.39, 0.29) is 23.0 Å². The first-order valence-electron chi connectivity index (χ1n) is 4.55. The van der Waals surface area contributed by atoms with Crippen LogP contribution in [0.2, 0.25) is 0 Å². The summed E-state index contributed by atoms with van der Waals surface area (Å²) in [5.74, 6) is 0.445. The quantitative estimate of drug-likeness (QED) is 0.436. The smallest absolute Gasteiger partial charge is 0.146 e. The van der Waals surface area contributed by atoms with Crippen molar-refractivity contribution >= 4 is 12.1 Å². The van der Waals surface area contributed by atoms with E-state index in [0.29, 0.717) is 5.92 Å². The minimum atomic E-state index is -0.279. The molecule has 0 aliphatic heterocycles. The van der Waals surface area contributed by atoms with E-state index in [2.05, 4.69) is 13.8 Å². The van der Waals surface area contributed by atoms with Crippen LogP contribution in [-0.2, 0) is 9.59 Å². The normalized spacial score (nSPS) is 43.5. The molecule has 2 aliphatic carbocycles. The molecule has 2 aliphatic rings. The summed E-state index contributed by atoms with van der Waals surface area (Å²) in [5, 5.41) is 0. The molecule has 2 saturated carbocycles. The first kappa shape index (κ1) is 7.96. The molecule has 0 saturated heterocycles. The summed E-state index contributed by atoms with van der Waals surface area (Å²) in [7, 11) is 0. The van der Waals surface area contributed by atoms with E-state index in [4.69, 9.17) is 0 Å². The Hall–Kier alpha value is -0.660. The Balaban J connectivity index is 2.31. The Kier molecular flexibility index (Phi) is 1.45. The molecule has 3 atom stereocenters. The first-order chi connectivity index (χ1) is 5.56. The maximum atomic E-state index is 11.5. The largest absolute Gasteiger partial charge is 0.303 e. The molecule has 0 spiro atoms. The molecule has 0 aromatic heterocycles. The molecule has 0 heterocycles. The number of carbonyl (C=O) groups excluding carboxylic acids is 2. The molecule has 2 rings (SSSR count). The second kappa shape index (κ2) is 2.18. The Labute approximate surface area is 72.3 Å². The third-order valence-electron chi connectivity index (χ3n) is 3.63. The van der Waals surface area contributed by atoms with Gasteiger partial charge in [0, 0.05) is 5.92 Å². The summed E-state index contributed by atoms with van der Waals surface area (Å²) in [6.07, 6.45) is 2.80. The summed E-state index contributed by atoms with van der Waals surface area (Å²) in [5.41, 5.74) is 0.212. The number of rotatable bonds is 1. The van der Waals surface area contributed by atoms with Gasteiger partial charge in [-0.25, -0.2) is 0 Å². The fourth-order valence-corrected chi connectivity index (χ4v) is 2.98. The van der Waals surface area contributed by atoms with Crippen LogP contribution in [0.4, 0.5) is 0 Å². The fourth-order valence-electron chi connectivity index (χ4n) is 2.98. The first-order valence-corrected chi connectivity index (χ1v) is 4.55. The molecule has 0 N–H and O–H groups in total. The molecule has 0 amide bonds. The number of hydrogen-bond acceptors (Lipinski definition) is 2. The van der Waals surface area contributed by atoms with E-state index < -0.39 is 0 Å². The predicted octanol–water partition coefficient (Wildman–Crippen LogP) is 1.44. The second-order valence-corrected chi connectivity index (χ2v) is 4.80. The number of Topliss-reactive ketones (excluding diaryl/α,β-unsaturated/α-hetero) is 1. The third kappa shape index (κ3) is 0.809. The molecular weight excluding hydrogens is 152 g/mol. The number of ketones is 1. The van der Waals surface area contributed by atoms with Gasteiger partial charge in [-0.2, -0.15) is 0 Å². The van der Waals surface area contributed by atoms with Crippen molar-refractivity contribution in [3.05, 3.63) is 0 Å². The SMILES string of the molecule is CC1(C)CC2CC1C(C=O)C2=O. The van der Waals surface area contributed by atoms with E-state index in [1.807, 2.05) is 0 Å². The van der Waals surface area contributed by atoms with Crippen LogP contribution >= 0.6 is 0 Å². The summed E-state index contributed by atoms with van der Waals surface area (Å²) in [4.78, 5) is 22.1. The topological polar surface area (TPSA) is 34.1 Å². The maximum absolute atomic E-state index is 11.5. The highest BCUT2D eigenvalue weighted by Gasteiger charge is 2.55. The summed E-state index contributed by atoms with van der Waals surface area (Å²) in [6.45, 7) is 4.33. The lowest BCUT2D eigenvalue weighted by atomic mass is 9.71. The highest BCUT2D eigenvalue weighted by atomic mass is 16.1. The van der Waals surface area contributed by atoms with Crippen molar-refractivity contribution in [2.75, 3.05) is 0 Å². The van der Waals surface area contributed by atoms with E-state index >= 15 is 0 Å².